The minimum absolute atomic E-state index is 0.194. The van der Waals surface area contributed by atoms with E-state index < -0.39 is 0 Å². The van der Waals surface area contributed by atoms with E-state index in [1.807, 2.05) is 42.5 Å². The Bertz CT molecular complexity index is 697. The number of para-hydroxylation sites is 1. The summed E-state index contributed by atoms with van der Waals surface area (Å²) in [7, 11) is 0. The lowest BCUT2D eigenvalue weighted by atomic mass is 10.1. The van der Waals surface area contributed by atoms with Gasteiger partial charge in [-0.15, -0.1) is 10.2 Å². The van der Waals surface area contributed by atoms with E-state index in [0.29, 0.717) is 5.95 Å². The van der Waals surface area contributed by atoms with Crippen LogP contribution < -0.4 is 5.32 Å². The summed E-state index contributed by atoms with van der Waals surface area (Å²) < 4.78 is 0. The zero-order valence-electron chi connectivity index (χ0n) is 11.3. The minimum Gasteiger partial charge on any atom is -0.346 e. The number of benzene rings is 2. The molecule has 0 aliphatic heterocycles. The molecule has 0 radical (unpaired) electrons. The first kappa shape index (κ1) is 12.5. The molecule has 0 aliphatic carbocycles. The predicted molar refractivity (Wildman–Crippen MR) is 80.4 cm³/mol. The van der Waals surface area contributed by atoms with Gasteiger partial charge in [0.25, 0.3) is 0 Å². The molecule has 0 aliphatic rings. The van der Waals surface area contributed by atoms with Crippen LogP contribution >= 0.6 is 0 Å². The molecule has 1 heterocycles. The zero-order valence-corrected chi connectivity index (χ0v) is 11.3. The van der Waals surface area contributed by atoms with Crippen LogP contribution in [0.4, 0.5) is 5.95 Å². The number of rotatable bonds is 4. The first-order chi connectivity index (χ1) is 9.86. The van der Waals surface area contributed by atoms with Crippen molar-refractivity contribution in [2.45, 2.75) is 19.4 Å². The third kappa shape index (κ3) is 2.59. The Balaban J connectivity index is 1.87. The van der Waals surface area contributed by atoms with Gasteiger partial charge in [-0.25, -0.2) is 4.98 Å². The molecule has 0 spiro atoms. The zero-order chi connectivity index (χ0) is 13.8. The van der Waals surface area contributed by atoms with Crippen molar-refractivity contribution in [3.63, 3.8) is 0 Å². The average Bonchev–Trinajstić information content (AvgIpc) is 2.53. The summed E-state index contributed by atoms with van der Waals surface area (Å²) >= 11 is 0. The minimum atomic E-state index is 0.194. The van der Waals surface area contributed by atoms with Crippen molar-refractivity contribution < 1.29 is 0 Å². The third-order valence-electron chi connectivity index (χ3n) is 3.27. The van der Waals surface area contributed by atoms with Crippen LogP contribution in [0.5, 0.6) is 0 Å². The topological polar surface area (TPSA) is 50.7 Å². The van der Waals surface area contributed by atoms with Crippen molar-refractivity contribution in [3.05, 3.63) is 60.2 Å². The van der Waals surface area contributed by atoms with Crippen molar-refractivity contribution in [3.8, 4) is 0 Å². The van der Waals surface area contributed by atoms with Gasteiger partial charge in [0.05, 0.1) is 11.6 Å². The average molecular weight is 264 g/mol. The van der Waals surface area contributed by atoms with Gasteiger partial charge >= 0.3 is 0 Å². The monoisotopic (exact) mass is 264 g/mol. The van der Waals surface area contributed by atoms with Gasteiger partial charge < -0.3 is 5.32 Å². The second-order valence-corrected chi connectivity index (χ2v) is 4.64. The first-order valence-electron chi connectivity index (χ1n) is 6.78. The lowest BCUT2D eigenvalue weighted by molar-refractivity contribution is 0.735. The molecule has 100 valence electrons. The lowest BCUT2D eigenvalue weighted by Crippen LogP contribution is -2.12. The number of hydrogen-bond acceptors (Lipinski definition) is 4. The second kappa shape index (κ2) is 5.65. The second-order valence-electron chi connectivity index (χ2n) is 4.64. The van der Waals surface area contributed by atoms with Crippen molar-refractivity contribution in [2.75, 3.05) is 5.32 Å². The number of nitrogens with one attached hydrogen (secondary N) is 1. The molecule has 0 bridgehead atoms. The Hall–Kier alpha value is -2.49. The van der Waals surface area contributed by atoms with Crippen molar-refractivity contribution in [2.24, 2.45) is 0 Å². The van der Waals surface area contributed by atoms with E-state index in [-0.39, 0.29) is 6.04 Å². The summed E-state index contributed by atoms with van der Waals surface area (Å²) in [5.74, 6) is 0.569. The van der Waals surface area contributed by atoms with Crippen molar-refractivity contribution in [1.29, 1.82) is 0 Å². The highest BCUT2D eigenvalue weighted by Crippen LogP contribution is 2.20. The van der Waals surface area contributed by atoms with Gasteiger partial charge in [-0.2, -0.15) is 0 Å². The number of fused-ring (bicyclic) bond motifs is 1. The number of nitrogens with zero attached hydrogens (tertiary/aromatic N) is 3. The first-order valence-corrected chi connectivity index (χ1v) is 6.78. The van der Waals surface area contributed by atoms with E-state index in [2.05, 4.69) is 39.6 Å². The largest absolute Gasteiger partial charge is 0.346 e. The normalized spacial score (nSPS) is 12.2. The maximum absolute atomic E-state index is 4.50. The van der Waals surface area contributed by atoms with Crippen molar-refractivity contribution in [1.82, 2.24) is 15.2 Å². The molecular weight excluding hydrogens is 248 g/mol. The van der Waals surface area contributed by atoms with Crippen LogP contribution in [0.1, 0.15) is 24.9 Å². The van der Waals surface area contributed by atoms with Crippen LogP contribution in [-0.4, -0.2) is 15.2 Å². The van der Waals surface area contributed by atoms with Gasteiger partial charge in [-0.1, -0.05) is 49.4 Å². The fourth-order valence-electron chi connectivity index (χ4n) is 2.20. The maximum atomic E-state index is 4.50. The van der Waals surface area contributed by atoms with Crippen LogP contribution in [0.25, 0.3) is 11.0 Å². The molecule has 0 saturated carbocycles. The Labute approximate surface area is 117 Å². The molecule has 1 unspecified atom stereocenters. The quantitative estimate of drug-likeness (QED) is 0.782. The molecule has 4 nitrogen and oxygen atoms in total. The molecule has 1 N–H and O–H groups in total. The van der Waals surface area contributed by atoms with Gasteiger partial charge in [0.1, 0.15) is 5.52 Å². The van der Waals surface area contributed by atoms with Gasteiger partial charge in [0, 0.05) is 0 Å². The molecule has 1 atom stereocenters. The van der Waals surface area contributed by atoms with Crippen LogP contribution in [0.15, 0.2) is 54.6 Å². The molecule has 2 aromatic carbocycles. The summed E-state index contributed by atoms with van der Waals surface area (Å²) in [4.78, 5) is 4.50. The van der Waals surface area contributed by atoms with Gasteiger partial charge in [0.15, 0.2) is 0 Å². The van der Waals surface area contributed by atoms with Crippen LogP contribution in [-0.2, 0) is 0 Å². The van der Waals surface area contributed by atoms with E-state index in [4.69, 9.17) is 0 Å². The predicted octanol–water partition coefficient (Wildman–Crippen LogP) is 3.59. The summed E-state index contributed by atoms with van der Waals surface area (Å²) in [6.07, 6.45) is 0.959. The highest BCUT2D eigenvalue weighted by atomic mass is 15.2. The maximum Gasteiger partial charge on any atom is 0.243 e. The smallest absolute Gasteiger partial charge is 0.243 e. The lowest BCUT2D eigenvalue weighted by Gasteiger charge is -2.17. The highest BCUT2D eigenvalue weighted by Gasteiger charge is 2.10. The SMILES string of the molecule is CCC(Nc1nnc2ccccc2n1)c1ccccc1. The summed E-state index contributed by atoms with van der Waals surface area (Å²) in [5, 5.41) is 11.7. The summed E-state index contributed by atoms with van der Waals surface area (Å²) in [6.45, 7) is 2.14. The highest BCUT2D eigenvalue weighted by molar-refractivity contribution is 5.74. The molecule has 0 amide bonds. The van der Waals surface area contributed by atoms with E-state index in [1.165, 1.54) is 5.56 Å². The van der Waals surface area contributed by atoms with Gasteiger partial charge in [-0.05, 0) is 24.1 Å². The Kier molecular flexibility index (Phi) is 3.54. The Morgan fingerprint density at radius 3 is 2.35 bits per heavy atom. The fraction of sp³-hybridized carbons (Fsp3) is 0.188. The van der Waals surface area contributed by atoms with E-state index >= 15 is 0 Å². The standard InChI is InChI=1S/C16H16N4/c1-2-13(12-8-4-3-5-9-12)17-16-18-14-10-6-7-11-15(14)19-20-16/h3-11,13H,2H2,1H3,(H,17,18,20). The molecule has 20 heavy (non-hydrogen) atoms. The Morgan fingerprint density at radius 1 is 0.900 bits per heavy atom. The number of anilines is 1. The molecule has 1 aromatic heterocycles. The van der Waals surface area contributed by atoms with Crippen LogP contribution in [0.3, 0.4) is 0 Å². The fourth-order valence-corrected chi connectivity index (χ4v) is 2.20. The summed E-state index contributed by atoms with van der Waals surface area (Å²) in [6, 6.07) is 18.2. The van der Waals surface area contributed by atoms with Crippen LogP contribution in [0, 0.1) is 0 Å². The van der Waals surface area contributed by atoms with E-state index in [9.17, 15) is 0 Å². The van der Waals surface area contributed by atoms with Crippen molar-refractivity contribution >= 4 is 17.0 Å². The van der Waals surface area contributed by atoms with E-state index in [1.54, 1.807) is 0 Å². The van der Waals surface area contributed by atoms with Gasteiger partial charge in [0.2, 0.25) is 5.95 Å². The Morgan fingerprint density at radius 2 is 1.60 bits per heavy atom. The van der Waals surface area contributed by atoms with Gasteiger partial charge in [-0.3, -0.25) is 0 Å². The van der Waals surface area contributed by atoms with Crippen LogP contribution in [0.2, 0.25) is 0 Å². The molecular formula is C16H16N4. The summed E-state index contributed by atoms with van der Waals surface area (Å²) in [5.41, 5.74) is 2.89. The van der Waals surface area contributed by atoms with E-state index in [0.717, 1.165) is 17.5 Å². The number of aromatic nitrogens is 3. The third-order valence-corrected chi connectivity index (χ3v) is 3.27. The molecule has 3 aromatic rings. The molecule has 0 fully saturated rings. The molecule has 3 rings (SSSR count). The molecule has 4 heteroatoms. The number of hydrogen-bond donors (Lipinski definition) is 1. The molecule has 0 saturated heterocycles.